The zero-order chi connectivity index (χ0) is 27.2. The maximum atomic E-state index is 14.2. The van der Waals surface area contributed by atoms with E-state index in [1.807, 2.05) is 13.0 Å². The molecule has 1 aliphatic heterocycles. The van der Waals surface area contributed by atoms with Gasteiger partial charge in [0.1, 0.15) is 11.6 Å². The van der Waals surface area contributed by atoms with E-state index in [4.69, 9.17) is 9.84 Å². The number of nitro groups is 1. The zero-order valence-electron chi connectivity index (χ0n) is 22.0. The minimum Gasteiger partial charge on any atom is -0.383 e. The van der Waals surface area contributed by atoms with Gasteiger partial charge in [0.05, 0.1) is 29.5 Å². The number of ether oxygens (including phenoxy) is 1. The maximum absolute atomic E-state index is 14.2. The molecule has 0 spiro atoms. The number of anilines is 1. The highest BCUT2D eigenvalue weighted by molar-refractivity contribution is 5.95. The number of amides is 1. The Labute approximate surface area is 221 Å². The number of likely N-dealkylation sites (N-methyl/N-ethyl adjacent to an activating group) is 1. The van der Waals surface area contributed by atoms with Crippen molar-refractivity contribution < 1.29 is 18.8 Å². The fourth-order valence-corrected chi connectivity index (χ4v) is 4.70. The van der Waals surface area contributed by atoms with Gasteiger partial charge in [0, 0.05) is 63.1 Å². The second-order valence-electron chi connectivity index (χ2n) is 9.23. The summed E-state index contributed by atoms with van der Waals surface area (Å²) in [6.07, 6.45) is 0. The van der Waals surface area contributed by atoms with Gasteiger partial charge in [0.15, 0.2) is 0 Å². The molecular formula is C27H33FN6O4. The molecule has 11 heteroatoms. The molecular weight excluding hydrogens is 491 g/mol. The standard InChI is InChI=1S/C27H33FN6O4/c1-4-30-11-13-31(14-12-30)26-25(20(2)29-33(26)23-9-6-8-22(28)18-23)19-32(15-16-38-3)27(35)21-7-5-10-24(17-21)34(36)37/h5-10,17-18H,4,11-16,19H2,1-3H3. The number of aryl methyl sites for hydroxylation is 1. The Kier molecular flexibility index (Phi) is 8.70. The second kappa shape index (κ2) is 12.1. The molecule has 4 rings (SSSR count). The van der Waals surface area contributed by atoms with Crippen molar-refractivity contribution in [3.05, 3.63) is 81.3 Å². The van der Waals surface area contributed by atoms with E-state index in [0.29, 0.717) is 12.3 Å². The summed E-state index contributed by atoms with van der Waals surface area (Å²) in [6.45, 7) is 9.05. The van der Waals surface area contributed by atoms with Crippen molar-refractivity contribution in [2.45, 2.75) is 20.4 Å². The summed E-state index contributed by atoms with van der Waals surface area (Å²) in [5, 5.41) is 16.1. The Morgan fingerprint density at radius 1 is 1.16 bits per heavy atom. The number of piperazine rings is 1. The van der Waals surface area contributed by atoms with Crippen LogP contribution >= 0.6 is 0 Å². The number of halogens is 1. The highest BCUT2D eigenvalue weighted by atomic mass is 19.1. The van der Waals surface area contributed by atoms with Crippen LogP contribution in [0.4, 0.5) is 15.9 Å². The van der Waals surface area contributed by atoms with Crippen LogP contribution in [0.2, 0.25) is 0 Å². The summed E-state index contributed by atoms with van der Waals surface area (Å²) < 4.78 is 21.2. The summed E-state index contributed by atoms with van der Waals surface area (Å²) >= 11 is 0. The minimum absolute atomic E-state index is 0.146. The number of hydrogen-bond donors (Lipinski definition) is 0. The summed E-state index contributed by atoms with van der Waals surface area (Å²) in [4.78, 5) is 30.6. The first-order valence-corrected chi connectivity index (χ1v) is 12.7. The van der Waals surface area contributed by atoms with Crippen molar-refractivity contribution in [2.75, 3.05) is 57.9 Å². The highest BCUT2D eigenvalue weighted by Crippen LogP contribution is 2.30. The van der Waals surface area contributed by atoms with Gasteiger partial charge in [-0.1, -0.05) is 19.1 Å². The molecule has 0 saturated carbocycles. The molecule has 10 nitrogen and oxygen atoms in total. The number of nitro benzene ring substituents is 1. The lowest BCUT2D eigenvalue weighted by Crippen LogP contribution is -2.47. The van der Waals surface area contributed by atoms with Crippen molar-refractivity contribution in [2.24, 2.45) is 0 Å². The largest absolute Gasteiger partial charge is 0.383 e. The number of nitrogens with zero attached hydrogens (tertiary/aromatic N) is 6. The summed E-state index contributed by atoms with van der Waals surface area (Å²) in [6, 6.07) is 12.0. The van der Waals surface area contributed by atoms with Gasteiger partial charge in [-0.25, -0.2) is 9.07 Å². The van der Waals surface area contributed by atoms with Gasteiger partial charge < -0.3 is 19.4 Å². The van der Waals surface area contributed by atoms with Crippen molar-refractivity contribution in [3.63, 3.8) is 0 Å². The topological polar surface area (TPSA) is 97.0 Å². The van der Waals surface area contributed by atoms with Crippen LogP contribution in [0, 0.1) is 22.9 Å². The monoisotopic (exact) mass is 524 g/mol. The maximum Gasteiger partial charge on any atom is 0.270 e. The van der Waals surface area contributed by atoms with Crippen molar-refractivity contribution in [1.29, 1.82) is 0 Å². The van der Waals surface area contributed by atoms with Gasteiger partial charge in [-0.05, 0) is 37.7 Å². The first-order chi connectivity index (χ1) is 18.3. The summed E-state index contributed by atoms with van der Waals surface area (Å²) in [7, 11) is 1.56. The molecule has 1 fully saturated rings. The first kappa shape index (κ1) is 27.2. The Hall–Kier alpha value is -3.83. The smallest absolute Gasteiger partial charge is 0.270 e. The van der Waals surface area contributed by atoms with Crippen LogP contribution in [0.15, 0.2) is 48.5 Å². The molecule has 1 aliphatic rings. The van der Waals surface area contributed by atoms with E-state index in [9.17, 15) is 19.3 Å². The van der Waals surface area contributed by atoms with Gasteiger partial charge in [0.2, 0.25) is 0 Å². The molecule has 0 bridgehead atoms. The molecule has 0 N–H and O–H groups in total. The fourth-order valence-electron chi connectivity index (χ4n) is 4.70. The normalized spacial score (nSPS) is 14.1. The third-order valence-electron chi connectivity index (χ3n) is 6.83. The van der Waals surface area contributed by atoms with Crippen LogP contribution in [-0.4, -0.2) is 83.4 Å². The molecule has 2 aromatic carbocycles. The van der Waals surface area contributed by atoms with Gasteiger partial charge in [0.25, 0.3) is 11.6 Å². The van der Waals surface area contributed by atoms with Crippen molar-refractivity contribution in [3.8, 4) is 5.69 Å². The van der Waals surface area contributed by atoms with Crippen LogP contribution < -0.4 is 4.90 Å². The molecule has 1 aromatic heterocycles. The van der Waals surface area contributed by atoms with Crippen LogP contribution in [0.3, 0.4) is 0 Å². The predicted molar refractivity (Wildman–Crippen MR) is 142 cm³/mol. The Balaban J connectivity index is 1.74. The third kappa shape index (κ3) is 6.00. The number of methoxy groups -OCH3 is 1. The van der Waals surface area contributed by atoms with E-state index in [2.05, 4.69) is 16.7 Å². The van der Waals surface area contributed by atoms with Crippen LogP contribution in [0.5, 0.6) is 0 Å². The average Bonchev–Trinajstić information content (AvgIpc) is 3.26. The third-order valence-corrected chi connectivity index (χ3v) is 6.83. The molecule has 1 amide bonds. The molecule has 1 saturated heterocycles. The number of carbonyl (C=O) groups excluding carboxylic acids is 1. The Bertz CT molecular complexity index is 1290. The molecule has 38 heavy (non-hydrogen) atoms. The van der Waals surface area contributed by atoms with Crippen LogP contribution in [0.25, 0.3) is 5.69 Å². The van der Waals surface area contributed by atoms with Gasteiger partial charge in [-0.2, -0.15) is 5.10 Å². The Morgan fingerprint density at radius 3 is 2.55 bits per heavy atom. The average molecular weight is 525 g/mol. The summed E-state index contributed by atoms with van der Waals surface area (Å²) in [5.74, 6) is 0.116. The molecule has 0 radical (unpaired) electrons. The number of non-ortho nitro benzene ring substituents is 1. The van der Waals surface area contributed by atoms with Gasteiger partial charge >= 0.3 is 0 Å². The quantitative estimate of drug-likeness (QED) is 0.295. The number of aromatic nitrogens is 2. The number of benzene rings is 2. The molecule has 0 atom stereocenters. The lowest BCUT2D eigenvalue weighted by atomic mass is 10.1. The van der Waals surface area contributed by atoms with Crippen LogP contribution in [0.1, 0.15) is 28.5 Å². The van der Waals surface area contributed by atoms with Crippen molar-refractivity contribution in [1.82, 2.24) is 19.6 Å². The highest BCUT2D eigenvalue weighted by Gasteiger charge is 2.28. The van der Waals surface area contributed by atoms with Gasteiger partial charge in [-0.15, -0.1) is 0 Å². The van der Waals surface area contributed by atoms with E-state index >= 15 is 0 Å². The van der Waals surface area contributed by atoms with E-state index in [0.717, 1.165) is 49.8 Å². The number of rotatable bonds is 10. The SMILES string of the molecule is CCN1CCN(c2c(CN(CCOC)C(=O)c3cccc([N+](=O)[O-])c3)c(C)nn2-c2cccc(F)c2)CC1. The van der Waals surface area contributed by atoms with Crippen LogP contribution in [-0.2, 0) is 11.3 Å². The lowest BCUT2D eigenvalue weighted by Gasteiger charge is -2.36. The lowest BCUT2D eigenvalue weighted by molar-refractivity contribution is -0.384. The molecule has 202 valence electrons. The van der Waals surface area contributed by atoms with E-state index in [-0.39, 0.29) is 36.1 Å². The van der Waals surface area contributed by atoms with Crippen molar-refractivity contribution >= 4 is 17.4 Å². The zero-order valence-corrected chi connectivity index (χ0v) is 22.0. The molecule has 2 heterocycles. The van der Waals surface area contributed by atoms with E-state index in [1.165, 1.54) is 30.3 Å². The second-order valence-corrected chi connectivity index (χ2v) is 9.23. The fraction of sp³-hybridized carbons (Fsp3) is 0.407. The number of hydrogen-bond acceptors (Lipinski definition) is 7. The predicted octanol–water partition coefficient (Wildman–Crippen LogP) is 3.66. The minimum atomic E-state index is -0.516. The van der Waals surface area contributed by atoms with E-state index < -0.39 is 4.92 Å². The molecule has 0 aliphatic carbocycles. The molecule has 3 aromatic rings. The molecule has 0 unspecified atom stereocenters. The van der Waals surface area contributed by atoms with Gasteiger partial charge in [-0.3, -0.25) is 14.9 Å². The Morgan fingerprint density at radius 2 is 1.89 bits per heavy atom. The number of carbonyl (C=O) groups is 1. The first-order valence-electron chi connectivity index (χ1n) is 12.7. The summed E-state index contributed by atoms with van der Waals surface area (Å²) in [5.41, 5.74) is 2.24. The van der Waals surface area contributed by atoms with E-state index in [1.54, 1.807) is 28.8 Å².